The van der Waals surface area contributed by atoms with Crippen LogP contribution in [0.4, 0.5) is 17.1 Å². The van der Waals surface area contributed by atoms with Crippen LogP contribution in [0.1, 0.15) is 25.0 Å². The van der Waals surface area contributed by atoms with Gasteiger partial charge in [-0.25, -0.2) is 4.98 Å². The average Bonchev–Trinajstić information content (AvgIpc) is 3.54. The van der Waals surface area contributed by atoms with Gasteiger partial charge >= 0.3 is 0 Å². The molecule has 8 aromatic rings. The maximum Gasteiger partial charge on any atom is 0.174 e. The van der Waals surface area contributed by atoms with Gasteiger partial charge in [-0.05, 0) is 97.4 Å². The lowest BCUT2D eigenvalue weighted by Crippen LogP contribution is -2.30. The van der Waals surface area contributed by atoms with E-state index in [-0.39, 0.29) is 5.41 Å². The van der Waals surface area contributed by atoms with Gasteiger partial charge in [-0.3, -0.25) is 0 Å². The Morgan fingerprint density at radius 1 is 0.605 bits per heavy atom. The lowest BCUT2D eigenvalue weighted by molar-refractivity contribution is 0.632. The number of rotatable bonds is 3. The summed E-state index contributed by atoms with van der Waals surface area (Å²) in [6, 6.07) is 46.0. The predicted molar refractivity (Wildman–Crippen MR) is 181 cm³/mol. The molecule has 0 unspecified atom stereocenters. The number of benzene rings is 7. The number of anilines is 3. The number of hydrogen-bond acceptors (Lipinski definition) is 4. The van der Waals surface area contributed by atoms with Crippen molar-refractivity contribution in [3.63, 3.8) is 0 Å². The summed E-state index contributed by atoms with van der Waals surface area (Å²) in [6.45, 7) is 4.64. The third-order valence-electron chi connectivity index (χ3n) is 9.18. The van der Waals surface area contributed by atoms with Crippen molar-refractivity contribution < 1.29 is 0 Å². The average molecular weight is 570 g/mol. The van der Waals surface area contributed by atoms with Crippen molar-refractivity contribution in [2.24, 2.45) is 0 Å². The monoisotopic (exact) mass is 569 g/mol. The summed E-state index contributed by atoms with van der Waals surface area (Å²) in [6.07, 6.45) is 0. The maximum atomic E-state index is 5.09. The molecule has 204 valence electrons. The molecule has 0 N–H and O–H groups in total. The van der Waals surface area contributed by atoms with Crippen LogP contribution in [0.3, 0.4) is 0 Å². The van der Waals surface area contributed by atoms with Crippen LogP contribution in [-0.4, -0.2) is 9.36 Å². The molecule has 0 radical (unpaired) electrons. The summed E-state index contributed by atoms with van der Waals surface area (Å²) in [5.41, 5.74) is 8.34. The topological polar surface area (TPSA) is 29.0 Å². The van der Waals surface area contributed by atoms with Crippen LogP contribution in [0.5, 0.6) is 0 Å². The summed E-state index contributed by atoms with van der Waals surface area (Å²) in [5.74, 6) is 0.782. The zero-order chi connectivity index (χ0) is 28.7. The summed E-state index contributed by atoms with van der Waals surface area (Å²) >= 11 is 1.46. The fraction of sp³-hybridized carbons (Fsp3) is 0.0769. The van der Waals surface area contributed by atoms with E-state index in [0.29, 0.717) is 0 Å². The Morgan fingerprint density at radius 2 is 1.23 bits per heavy atom. The SMILES string of the molecule is CC1(C)c2ccccc2N(c2ccc(-c3nc(-c4cc5cccc6ccc7cccc4c7c65)ns3)cc2)c2ccccc21. The molecule has 7 aromatic carbocycles. The van der Waals surface area contributed by atoms with E-state index >= 15 is 0 Å². The van der Waals surface area contributed by atoms with Crippen molar-refractivity contribution in [2.45, 2.75) is 19.3 Å². The summed E-state index contributed by atoms with van der Waals surface area (Å²) in [4.78, 5) is 7.47. The van der Waals surface area contributed by atoms with E-state index < -0.39 is 0 Å². The molecule has 0 saturated carbocycles. The Kier molecular flexibility index (Phi) is 5.12. The van der Waals surface area contributed by atoms with E-state index in [0.717, 1.165) is 27.6 Å². The molecule has 0 saturated heterocycles. The smallest absolute Gasteiger partial charge is 0.174 e. The lowest BCUT2D eigenvalue weighted by atomic mass is 9.73. The molecule has 0 fully saturated rings. The number of hydrogen-bond donors (Lipinski definition) is 0. The molecule has 43 heavy (non-hydrogen) atoms. The van der Waals surface area contributed by atoms with Crippen molar-refractivity contribution in [2.75, 3.05) is 4.90 Å². The number of para-hydroxylation sites is 2. The molecular formula is C39H27N3S. The quantitative estimate of drug-likeness (QED) is 0.198. The lowest BCUT2D eigenvalue weighted by Gasteiger charge is -2.42. The first-order valence-corrected chi connectivity index (χ1v) is 15.5. The van der Waals surface area contributed by atoms with Crippen LogP contribution in [0.15, 0.2) is 127 Å². The van der Waals surface area contributed by atoms with E-state index in [1.54, 1.807) is 0 Å². The second kappa shape index (κ2) is 8.97. The van der Waals surface area contributed by atoms with Crippen molar-refractivity contribution in [1.29, 1.82) is 0 Å². The molecular weight excluding hydrogens is 543 g/mol. The molecule has 0 spiro atoms. The Labute approximate surface area is 254 Å². The van der Waals surface area contributed by atoms with Crippen LogP contribution in [0, 0.1) is 0 Å². The molecule has 3 nitrogen and oxygen atoms in total. The zero-order valence-electron chi connectivity index (χ0n) is 23.9. The standard InChI is InChI=1S/C39H27N3S/c1-39(2)31-13-3-5-15-33(31)42(34-16-6-4-14-32(34)39)28-21-19-26(20-22-28)38-40-37(41-43-38)30-23-27-11-7-9-24-17-18-25-10-8-12-29(30)36(25)35(24)27/h3-23H,1-2H3. The van der Waals surface area contributed by atoms with Gasteiger partial charge in [0.2, 0.25) is 0 Å². The third kappa shape index (κ3) is 3.54. The predicted octanol–water partition coefficient (Wildman–Crippen LogP) is 10.9. The van der Waals surface area contributed by atoms with Crippen LogP contribution in [-0.2, 0) is 5.41 Å². The van der Waals surface area contributed by atoms with Gasteiger partial charge in [-0.2, -0.15) is 4.37 Å². The normalized spacial score (nSPS) is 14.0. The fourth-order valence-corrected chi connectivity index (χ4v) is 7.78. The highest BCUT2D eigenvalue weighted by Gasteiger charge is 2.36. The zero-order valence-corrected chi connectivity index (χ0v) is 24.7. The van der Waals surface area contributed by atoms with Gasteiger partial charge in [0, 0.05) is 22.2 Å². The van der Waals surface area contributed by atoms with E-state index in [1.165, 1.54) is 66.4 Å². The molecule has 4 heteroatoms. The van der Waals surface area contributed by atoms with Gasteiger partial charge in [0.15, 0.2) is 5.82 Å². The minimum atomic E-state index is -0.0727. The van der Waals surface area contributed by atoms with Gasteiger partial charge in [-0.15, -0.1) is 0 Å². The molecule has 0 bridgehead atoms. The molecule has 0 amide bonds. The molecule has 9 rings (SSSR count). The largest absolute Gasteiger partial charge is 0.310 e. The Bertz CT molecular complexity index is 2280. The van der Waals surface area contributed by atoms with Crippen LogP contribution in [0.2, 0.25) is 0 Å². The van der Waals surface area contributed by atoms with Gasteiger partial charge in [0.05, 0.1) is 11.4 Å². The summed E-state index contributed by atoms with van der Waals surface area (Å²) in [7, 11) is 0. The van der Waals surface area contributed by atoms with Gasteiger partial charge in [-0.1, -0.05) is 98.8 Å². The number of nitrogens with zero attached hydrogens (tertiary/aromatic N) is 3. The molecule has 1 aliphatic heterocycles. The number of fused-ring (bicyclic) bond motifs is 2. The first kappa shape index (κ1) is 24.5. The Hall–Kier alpha value is -5.06. The minimum absolute atomic E-state index is 0.0727. The van der Waals surface area contributed by atoms with Crippen molar-refractivity contribution in [3.8, 4) is 22.0 Å². The highest BCUT2D eigenvalue weighted by Crippen LogP contribution is 2.51. The van der Waals surface area contributed by atoms with Crippen LogP contribution in [0.25, 0.3) is 54.3 Å². The van der Waals surface area contributed by atoms with Crippen LogP contribution >= 0.6 is 11.5 Å². The second-order valence-corrected chi connectivity index (χ2v) is 12.7. The molecule has 2 heterocycles. The van der Waals surface area contributed by atoms with Crippen molar-refractivity contribution >= 4 is 60.9 Å². The first-order chi connectivity index (χ1) is 21.1. The Balaban J connectivity index is 1.13. The second-order valence-electron chi connectivity index (χ2n) is 11.9. The fourth-order valence-electron chi connectivity index (χ4n) is 7.10. The van der Waals surface area contributed by atoms with Crippen molar-refractivity contribution in [1.82, 2.24) is 9.36 Å². The summed E-state index contributed by atoms with van der Waals surface area (Å²) < 4.78 is 4.88. The highest BCUT2D eigenvalue weighted by atomic mass is 32.1. The van der Waals surface area contributed by atoms with Gasteiger partial charge < -0.3 is 4.90 Å². The van der Waals surface area contributed by atoms with E-state index in [1.807, 2.05) is 0 Å². The number of aromatic nitrogens is 2. The minimum Gasteiger partial charge on any atom is -0.310 e. The molecule has 1 aliphatic rings. The molecule has 1 aromatic heterocycles. The summed E-state index contributed by atoms with van der Waals surface area (Å²) in [5, 5.41) is 8.47. The van der Waals surface area contributed by atoms with Gasteiger partial charge in [0.25, 0.3) is 0 Å². The highest BCUT2D eigenvalue weighted by molar-refractivity contribution is 7.09. The Morgan fingerprint density at radius 3 is 1.95 bits per heavy atom. The molecule has 0 aliphatic carbocycles. The molecule has 0 atom stereocenters. The van der Waals surface area contributed by atoms with E-state index in [4.69, 9.17) is 9.36 Å². The maximum absolute atomic E-state index is 5.09. The van der Waals surface area contributed by atoms with E-state index in [2.05, 4.69) is 146 Å². The van der Waals surface area contributed by atoms with Crippen molar-refractivity contribution in [3.05, 3.63) is 139 Å². The van der Waals surface area contributed by atoms with Crippen LogP contribution < -0.4 is 4.90 Å². The van der Waals surface area contributed by atoms with E-state index in [9.17, 15) is 0 Å². The first-order valence-electron chi connectivity index (χ1n) is 14.7. The van der Waals surface area contributed by atoms with Gasteiger partial charge in [0.1, 0.15) is 5.01 Å². The third-order valence-corrected chi connectivity index (χ3v) is 9.95.